The van der Waals surface area contributed by atoms with Crippen LogP contribution < -0.4 is 10.2 Å². The van der Waals surface area contributed by atoms with Crippen molar-refractivity contribution in [2.24, 2.45) is 0 Å². The molecule has 2 heterocycles. The first-order valence-corrected chi connectivity index (χ1v) is 5.67. The van der Waals surface area contributed by atoms with Gasteiger partial charge in [-0.15, -0.1) is 0 Å². The topological polar surface area (TPSA) is 44.3 Å². The normalized spacial score (nSPS) is 17.4. The molecule has 1 N–H and O–H groups in total. The molecule has 1 aromatic heterocycles. The lowest BCUT2D eigenvalue weighted by Gasteiger charge is -2.27. The molecular formula is C11H19N5. The van der Waals surface area contributed by atoms with E-state index in [9.17, 15) is 0 Å². The van der Waals surface area contributed by atoms with Crippen LogP contribution >= 0.6 is 0 Å². The lowest BCUT2D eigenvalue weighted by molar-refractivity contribution is 0.230. The van der Waals surface area contributed by atoms with Crippen LogP contribution in [0.1, 0.15) is 5.69 Å². The minimum absolute atomic E-state index is 0.892. The molecule has 0 amide bonds. The summed E-state index contributed by atoms with van der Waals surface area (Å²) in [6, 6.07) is 0. The summed E-state index contributed by atoms with van der Waals surface area (Å²) in [6.07, 6.45) is 3.52. The van der Waals surface area contributed by atoms with E-state index in [4.69, 9.17) is 0 Å². The van der Waals surface area contributed by atoms with Crippen molar-refractivity contribution in [2.45, 2.75) is 6.54 Å². The quantitative estimate of drug-likeness (QED) is 0.775. The molecule has 5 nitrogen and oxygen atoms in total. The molecule has 5 heteroatoms. The SMILES string of the molecule is CN(C)c1nccnc1CN1CCNCC1. The molecular weight excluding hydrogens is 202 g/mol. The zero-order chi connectivity index (χ0) is 11.4. The molecule has 0 atom stereocenters. The Bertz CT molecular complexity index is 333. The number of hydrogen-bond donors (Lipinski definition) is 1. The standard InChI is InChI=1S/C11H19N5/c1-15(2)11-10(13-3-4-14-11)9-16-7-5-12-6-8-16/h3-4,12H,5-9H2,1-2H3. The van der Waals surface area contributed by atoms with Crippen molar-refractivity contribution in [2.75, 3.05) is 45.2 Å². The number of anilines is 1. The first kappa shape index (κ1) is 11.3. The van der Waals surface area contributed by atoms with Gasteiger partial charge in [0.05, 0.1) is 5.69 Å². The highest BCUT2D eigenvalue weighted by molar-refractivity contribution is 5.40. The summed E-state index contributed by atoms with van der Waals surface area (Å²) in [6.45, 7) is 5.20. The van der Waals surface area contributed by atoms with Gasteiger partial charge in [0.1, 0.15) is 0 Å². The van der Waals surface area contributed by atoms with E-state index >= 15 is 0 Å². The number of aromatic nitrogens is 2. The Morgan fingerprint density at radius 3 is 2.62 bits per heavy atom. The highest BCUT2D eigenvalue weighted by atomic mass is 15.2. The Balaban J connectivity index is 2.07. The van der Waals surface area contributed by atoms with E-state index in [1.165, 1.54) is 0 Å². The van der Waals surface area contributed by atoms with Crippen molar-refractivity contribution < 1.29 is 0 Å². The first-order valence-electron chi connectivity index (χ1n) is 5.67. The number of hydrogen-bond acceptors (Lipinski definition) is 5. The predicted octanol–water partition coefficient (Wildman–Crippen LogP) is -0.0522. The average Bonchev–Trinajstić information content (AvgIpc) is 2.31. The highest BCUT2D eigenvalue weighted by Gasteiger charge is 2.14. The average molecular weight is 221 g/mol. The third-order valence-electron chi connectivity index (χ3n) is 2.76. The molecule has 1 saturated heterocycles. The third kappa shape index (κ3) is 2.68. The van der Waals surface area contributed by atoms with E-state index in [-0.39, 0.29) is 0 Å². The Hall–Kier alpha value is -1.20. The minimum atomic E-state index is 0.892. The van der Waals surface area contributed by atoms with E-state index in [1.807, 2.05) is 19.0 Å². The van der Waals surface area contributed by atoms with Gasteiger partial charge >= 0.3 is 0 Å². The Labute approximate surface area is 96.5 Å². The van der Waals surface area contributed by atoms with Crippen molar-refractivity contribution in [3.05, 3.63) is 18.1 Å². The molecule has 16 heavy (non-hydrogen) atoms. The van der Waals surface area contributed by atoms with Gasteiger partial charge in [-0.3, -0.25) is 9.88 Å². The molecule has 0 spiro atoms. The van der Waals surface area contributed by atoms with Gasteiger partial charge in [0.25, 0.3) is 0 Å². The van der Waals surface area contributed by atoms with Crippen LogP contribution in [0.5, 0.6) is 0 Å². The molecule has 88 valence electrons. The summed E-state index contributed by atoms with van der Waals surface area (Å²) >= 11 is 0. The number of nitrogens with zero attached hydrogens (tertiary/aromatic N) is 4. The summed E-state index contributed by atoms with van der Waals surface area (Å²) in [5.41, 5.74) is 1.06. The van der Waals surface area contributed by atoms with Crippen LogP contribution in [-0.2, 0) is 6.54 Å². The maximum absolute atomic E-state index is 4.43. The van der Waals surface area contributed by atoms with Crippen LogP contribution in [0.2, 0.25) is 0 Å². The number of rotatable bonds is 3. The summed E-state index contributed by atoms with van der Waals surface area (Å²) in [5, 5.41) is 3.35. The smallest absolute Gasteiger partial charge is 0.151 e. The Morgan fingerprint density at radius 1 is 1.25 bits per heavy atom. The van der Waals surface area contributed by atoms with Crippen LogP contribution in [0, 0.1) is 0 Å². The number of nitrogens with one attached hydrogen (secondary N) is 1. The molecule has 2 rings (SSSR count). The van der Waals surface area contributed by atoms with Gasteiger partial charge in [-0.05, 0) is 0 Å². The second kappa shape index (κ2) is 5.23. The van der Waals surface area contributed by atoms with Gasteiger partial charge in [-0.2, -0.15) is 0 Å². The molecule has 1 aliphatic heterocycles. The zero-order valence-electron chi connectivity index (χ0n) is 9.98. The summed E-state index contributed by atoms with van der Waals surface area (Å²) in [7, 11) is 4.01. The fraction of sp³-hybridized carbons (Fsp3) is 0.636. The van der Waals surface area contributed by atoms with E-state index < -0.39 is 0 Å². The van der Waals surface area contributed by atoms with Crippen molar-refractivity contribution in [1.82, 2.24) is 20.2 Å². The summed E-state index contributed by atoms with van der Waals surface area (Å²) < 4.78 is 0. The highest BCUT2D eigenvalue weighted by Crippen LogP contribution is 2.14. The zero-order valence-corrected chi connectivity index (χ0v) is 9.98. The maximum atomic E-state index is 4.43. The van der Waals surface area contributed by atoms with Gasteiger partial charge in [0.2, 0.25) is 0 Å². The van der Waals surface area contributed by atoms with Crippen LogP contribution in [0.25, 0.3) is 0 Å². The Morgan fingerprint density at radius 2 is 1.94 bits per heavy atom. The summed E-state index contributed by atoms with van der Waals surface area (Å²) in [4.78, 5) is 13.2. The van der Waals surface area contributed by atoms with Crippen molar-refractivity contribution in [3.8, 4) is 0 Å². The molecule has 0 unspecified atom stereocenters. The maximum Gasteiger partial charge on any atom is 0.151 e. The molecule has 1 fully saturated rings. The predicted molar refractivity (Wildman–Crippen MR) is 64.5 cm³/mol. The van der Waals surface area contributed by atoms with E-state index in [0.29, 0.717) is 0 Å². The lowest BCUT2D eigenvalue weighted by Crippen LogP contribution is -2.43. The molecule has 1 aromatic rings. The fourth-order valence-corrected chi connectivity index (χ4v) is 1.93. The monoisotopic (exact) mass is 221 g/mol. The number of piperazine rings is 1. The molecule has 0 radical (unpaired) electrons. The third-order valence-corrected chi connectivity index (χ3v) is 2.76. The fourth-order valence-electron chi connectivity index (χ4n) is 1.93. The molecule has 0 saturated carbocycles. The molecule has 0 aromatic carbocycles. The van der Waals surface area contributed by atoms with Gasteiger partial charge in [0, 0.05) is 59.2 Å². The van der Waals surface area contributed by atoms with E-state index in [2.05, 4.69) is 20.2 Å². The van der Waals surface area contributed by atoms with Crippen LogP contribution in [0.3, 0.4) is 0 Å². The molecule has 1 aliphatic rings. The largest absolute Gasteiger partial charge is 0.361 e. The second-order valence-electron chi connectivity index (χ2n) is 4.25. The lowest BCUT2D eigenvalue weighted by atomic mass is 10.3. The van der Waals surface area contributed by atoms with Gasteiger partial charge in [-0.1, -0.05) is 0 Å². The van der Waals surface area contributed by atoms with Crippen molar-refractivity contribution >= 4 is 5.82 Å². The Kier molecular flexibility index (Phi) is 3.69. The van der Waals surface area contributed by atoms with E-state index in [1.54, 1.807) is 12.4 Å². The van der Waals surface area contributed by atoms with Crippen molar-refractivity contribution in [1.29, 1.82) is 0 Å². The van der Waals surface area contributed by atoms with Gasteiger partial charge < -0.3 is 10.2 Å². The van der Waals surface area contributed by atoms with E-state index in [0.717, 1.165) is 44.2 Å². The van der Waals surface area contributed by atoms with Crippen LogP contribution in [-0.4, -0.2) is 55.1 Å². The van der Waals surface area contributed by atoms with Crippen LogP contribution in [0.4, 0.5) is 5.82 Å². The first-order chi connectivity index (χ1) is 7.77. The van der Waals surface area contributed by atoms with Gasteiger partial charge in [-0.25, -0.2) is 4.98 Å². The second-order valence-corrected chi connectivity index (χ2v) is 4.25. The van der Waals surface area contributed by atoms with Crippen molar-refractivity contribution in [3.63, 3.8) is 0 Å². The molecule has 0 bridgehead atoms. The summed E-state index contributed by atoms with van der Waals surface area (Å²) in [5.74, 6) is 0.973. The van der Waals surface area contributed by atoms with Crippen LogP contribution in [0.15, 0.2) is 12.4 Å². The minimum Gasteiger partial charge on any atom is -0.361 e. The molecule has 0 aliphatic carbocycles. The van der Waals surface area contributed by atoms with Gasteiger partial charge in [0.15, 0.2) is 5.82 Å².